The Hall–Kier alpha value is -2.60. The van der Waals surface area contributed by atoms with Crippen molar-refractivity contribution in [1.29, 1.82) is 0 Å². The van der Waals surface area contributed by atoms with Crippen molar-refractivity contribution in [2.75, 3.05) is 11.1 Å². The topological polar surface area (TPSA) is 59.8 Å². The standard InChI is InChI=1S/C18H16N4OS/c1-12-16-17(13-7-9-19-10-8-13)24-11-15(23)20-18(16)22(21-12)14-5-3-2-4-6-14/h2-10,17H,11H2,1H3,(H,20,23). The monoisotopic (exact) mass is 336 g/mol. The number of rotatable bonds is 2. The van der Waals surface area contributed by atoms with Crippen LogP contribution in [0.4, 0.5) is 5.82 Å². The largest absolute Gasteiger partial charge is 0.310 e. The zero-order valence-electron chi connectivity index (χ0n) is 13.1. The third kappa shape index (κ3) is 2.59. The molecule has 1 atom stereocenters. The van der Waals surface area contributed by atoms with E-state index < -0.39 is 0 Å². The van der Waals surface area contributed by atoms with E-state index >= 15 is 0 Å². The van der Waals surface area contributed by atoms with Gasteiger partial charge in [0.05, 0.1) is 22.4 Å². The number of amides is 1. The van der Waals surface area contributed by atoms with Crippen LogP contribution in [0.2, 0.25) is 0 Å². The van der Waals surface area contributed by atoms with Gasteiger partial charge in [0.15, 0.2) is 0 Å². The molecule has 6 heteroatoms. The highest BCUT2D eigenvalue weighted by Gasteiger charge is 2.30. The second-order valence-corrected chi connectivity index (χ2v) is 6.71. The number of nitrogens with zero attached hydrogens (tertiary/aromatic N) is 3. The Morgan fingerprint density at radius 1 is 1.17 bits per heavy atom. The van der Waals surface area contributed by atoms with Crippen molar-refractivity contribution in [3.8, 4) is 5.69 Å². The number of carbonyl (C=O) groups is 1. The van der Waals surface area contributed by atoms with Crippen molar-refractivity contribution in [2.45, 2.75) is 12.2 Å². The number of benzene rings is 1. The van der Waals surface area contributed by atoms with Crippen LogP contribution in [0, 0.1) is 6.92 Å². The van der Waals surface area contributed by atoms with Gasteiger partial charge in [-0.2, -0.15) is 5.10 Å². The highest BCUT2D eigenvalue weighted by atomic mass is 32.2. The van der Waals surface area contributed by atoms with Crippen LogP contribution in [0.1, 0.15) is 22.1 Å². The number of nitrogens with one attached hydrogen (secondary N) is 1. The van der Waals surface area contributed by atoms with Gasteiger partial charge in [0.1, 0.15) is 5.82 Å². The molecule has 3 heterocycles. The Bertz CT molecular complexity index is 877. The molecule has 0 radical (unpaired) electrons. The molecule has 2 aromatic heterocycles. The summed E-state index contributed by atoms with van der Waals surface area (Å²) in [5, 5.41) is 7.78. The maximum Gasteiger partial charge on any atom is 0.235 e. The number of carbonyl (C=O) groups excluding carboxylic acids is 1. The summed E-state index contributed by atoms with van der Waals surface area (Å²) in [6.07, 6.45) is 3.57. The van der Waals surface area contributed by atoms with Gasteiger partial charge in [0, 0.05) is 18.0 Å². The van der Waals surface area contributed by atoms with Crippen molar-refractivity contribution >= 4 is 23.5 Å². The number of aryl methyl sites for hydroxylation is 1. The van der Waals surface area contributed by atoms with Crippen LogP contribution in [0.3, 0.4) is 0 Å². The zero-order valence-corrected chi connectivity index (χ0v) is 14.0. The fourth-order valence-electron chi connectivity index (χ4n) is 2.94. The molecule has 0 saturated carbocycles. The van der Waals surface area contributed by atoms with Crippen molar-refractivity contribution in [2.24, 2.45) is 0 Å². The molecule has 1 amide bonds. The van der Waals surface area contributed by atoms with Crippen LogP contribution in [0.15, 0.2) is 54.9 Å². The lowest BCUT2D eigenvalue weighted by atomic mass is 10.1. The Labute approximate surface area is 144 Å². The number of hydrogen-bond acceptors (Lipinski definition) is 4. The third-order valence-electron chi connectivity index (χ3n) is 4.02. The van der Waals surface area contributed by atoms with Crippen molar-refractivity contribution < 1.29 is 4.79 Å². The summed E-state index contributed by atoms with van der Waals surface area (Å²) in [4.78, 5) is 16.3. The number of thioether (sulfide) groups is 1. The molecular formula is C18H16N4OS. The number of anilines is 1. The summed E-state index contributed by atoms with van der Waals surface area (Å²) in [7, 11) is 0. The first-order chi connectivity index (χ1) is 11.7. The Kier molecular flexibility index (Phi) is 3.82. The molecule has 24 heavy (non-hydrogen) atoms. The van der Waals surface area contributed by atoms with Crippen LogP contribution in [-0.2, 0) is 4.79 Å². The lowest BCUT2D eigenvalue weighted by molar-refractivity contribution is -0.113. The molecule has 1 aliphatic heterocycles. The highest BCUT2D eigenvalue weighted by molar-refractivity contribution is 8.00. The van der Waals surface area contributed by atoms with Gasteiger partial charge >= 0.3 is 0 Å². The average Bonchev–Trinajstić information content (AvgIpc) is 2.83. The first-order valence-electron chi connectivity index (χ1n) is 7.70. The maximum atomic E-state index is 12.2. The predicted molar refractivity (Wildman–Crippen MR) is 95.5 cm³/mol. The third-order valence-corrected chi connectivity index (χ3v) is 5.29. The molecule has 3 aromatic rings. The summed E-state index contributed by atoms with van der Waals surface area (Å²) in [5.41, 5.74) is 4.04. The number of hydrogen-bond donors (Lipinski definition) is 1. The van der Waals surface area contributed by atoms with Crippen LogP contribution >= 0.6 is 11.8 Å². The van der Waals surface area contributed by atoms with Gasteiger partial charge in [-0.15, -0.1) is 11.8 Å². The van der Waals surface area contributed by atoms with E-state index in [1.807, 2.05) is 54.1 Å². The van der Waals surface area contributed by atoms with Crippen molar-refractivity contribution in [3.05, 3.63) is 71.7 Å². The van der Waals surface area contributed by atoms with E-state index in [0.717, 1.165) is 28.3 Å². The molecule has 0 spiro atoms. The molecule has 1 aromatic carbocycles. The quantitative estimate of drug-likeness (QED) is 0.780. The second-order valence-electron chi connectivity index (χ2n) is 5.61. The maximum absolute atomic E-state index is 12.2. The molecule has 120 valence electrons. The molecule has 0 aliphatic carbocycles. The molecule has 0 bridgehead atoms. The Morgan fingerprint density at radius 3 is 2.67 bits per heavy atom. The molecule has 4 rings (SSSR count). The summed E-state index contributed by atoms with van der Waals surface area (Å²) in [6, 6.07) is 13.9. The molecule has 1 N–H and O–H groups in total. The fraction of sp³-hybridized carbons (Fsp3) is 0.167. The lowest BCUT2D eigenvalue weighted by Crippen LogP contribution is -2.15. The van der Waals surface area contributed by atoms with E-state index in [-0.39, 0.29) is 11.2 Å². The van der Waals surface area contributed by atoms with Crippen LogP contribution in [0.25, 0.3) is 5.69 Å². The normalized spacial score (nSPS) is 17.0. The van der Waals surface area contributed by atoms with E-state index in [4.69, 9.17) is 0 Å². The minimum atomic E-state index is -0.00473. The van der Waals surface area contributed by atoms with E-state index in [9.17, 15) is 4.79 Å². The Balaban J connectivity index is 1.90. The van der Waals surface area contributed by atoms with Gasteiger partial charge in [0.25, 0.3) is 0 Å². The summed E-state index contributed by atoms with van der Waals surface area (Å²) in [6.45, 7) is 1.99. The molecule has 1 unspecified atom stereocenters. The van der Waals surface area contributed by atoms with Crippen LogP contribution < -0.4 is 5.32 Å². The minimum absolute atomic E-state index is 0.00473. The average molecular weight is 336 g/mol. The van der Waals surface area contributed by atoms with Crippen molar-refractivity contribution in [3.63, 3.8) is 0 Å². The van der Waals surface area contributed by atoms with Crippen LogP contribution in [0.5, 0.6) is 0 Å². The highest BCUT2D eigenvalue weighted by Crippen LogP contribution is 2.43. The van der Waals surface area contributed by atoms with Gasteiger partial charge in [-0.1, -0.05) is 18.2 Å². The predicted octanol–water partition coefficient (Wildman–Crippen LogP) is 3.35. The molecule has 0 saturated heterocycles. The first-order valence-corrected chi connectivity index (χ1v) is 8.75. The first kappa shape index (κ1) is 15.0. The number of pyridine rings is 1. The SMILES string of the molecule is Cc1nn(-c2ccccc2)c2c1C(c1ccncc1)SCC(=O)N2. The fourth-order valence-corrected chi connectivity index (χ4v) is 4.13. The Morgan fingerprint density at radius 2 is 1.92 bits per heavy atom. The van der Waals surface area contributed by atoms with Crippen molar-refractivity contribution in [1.82, 2.24) is 14.8 Å². The molecule has 5 nitrogen and oxygen atoms in total. The van der Waals surface area contributed by atoms with Gasteiger partial charge in [-0.05, 0) is 36.8 Å². The van der Waals surface area contributed by atoms with Crippen LogP contribution in [-0.4, -0.2) is 26.4 Å². The van der Waals surface area contributed by atoms with E-state index in [1.165, 1.54) is 0 Å². The number of aromatic nitrogens is 3. The summed E-state index contributed by atoms with van der Waals surface area (Å²) >= 11 is 1.62. The van der Waals surface area contributed by atoms with Gasteiger partial charge in [0.2, 0.25) is 5.91 Å². The smallest absolute Gasteiger partial charge is 0.235 e. The van der Waals surface area contributed by atoms with E-state index in [0.29, 0.717) is 5.75 Å². The minimum Gasteiger partial charge on any atom is -0.310 e. The van der Waals surface area contributed by atoms with Gasteiger partial charge in [-0.3, -0.25) is 9.78 Å². The number of para-hydroxylation sites is 1. The second kappa shape index (κ2) is 6.13. The lowest BCUT2D eigenvalue weighted by Gasteiger charge is -2.15. The molecule has 1 aliphatic rings. The van der Waals surface area contributed by atoms with Gasteiger partial charge in [-0.25, -0.2) is 4.68 Å². The summed E-state index contributed by atoms with van der Waals surface area (Å²) in [5.74, 6) is 1.17. The van der Waals surface area contributed by atoms with E-state index in [2.05, 4.69) is 15.4 Å². The zero-order chi connectivity index (χ0) is 16.5. The number of fused-ring (bicyclic) bond motifs is 1. The van der Waals surface area contributed by atoms with Gasteiger partial charge < -0.3 is 5.32 Å². The summed E-state index contributed by atoms with van der Waals surface area (Å²) < 4.78 is 1.82. The molecule has 0 fully saturated rings. The van der Waals surface area contributed by atoms with E-state index in [1.54, 1.807) is 24.2 Å². The molecular weight excluding hydrogens is 320 g/mol.